The minimum Gasteiger partial charge on any atom is -0.494 e. The standard InChI is InChI=1S/C25H35FO2/c1-4-6-7-8-9-10-17-27-22-13-11-21(12-14-22)24-16-15-23(18-25(24)26)28-19-20(3)5-2/h11-16,18,20H,4-10,17,19H2,1-3H3/t20-/m0/s1. The van der Waals surface area contributed by atoms with Crippen molar-refractivity contribution in [3.05, 3.63) is 48.3 Å². The van der Waals surface area contributed by atoms with Crippen molar-refractivity contribution in [1.82, 2.24) is 0 Å². The van der Waals surface area contributed by atoms with E-state index < -0.39 is 0 Å². The Labute approximate surface area is 170 Å². The van der Waals surface area contributed by atoms with Gasteiger partial charge in [-0.3, -0.25) is 0 Å². The lowest BCUT2D eigenvalue weighted by atomic mass is 10.0. The van der Waals surface area contributed by atoms with Crippen LogP contribution in [0.25, 0.3) is 11.1 Å². The van der Waals surface area contributed by atoms with E-state index in [1.54, 1.807) is 6.07 Å². The van der Waals surface area contributed by atoms with E-state index in [2.05, 4.69) is 20.8 Å². The minimum atomic E-state index is -0.262. The van der Waals surface area contributed by atoms with Gasteiger partial charge in [0.1, 0.15) is 17.3 Å². The molecule has 0 unspecified atom stereocenters. The van der Waals surface area contributed by atoms with Crippen molar-refractivity contribution in [2.24, 2.45) is 5.92 Å². The highest BCUT2D eigenvalue weighted by Crippen LogP contribution is 2.28. The van der Waals surface area contributed by atoms with Gasteiger partial charge >= 0.3 is 0 Å². The fourth-order valence-corrected chi connectivity index (χ4v) is 2.98. The molecule has 0 bridgehead atoms. The highest BCUT2D eigenvalue weighted by atomic mass is 19.1. The third-order valence-electron chi connectivity index (χ3n) is 5.10. The van der Waals surface area contributed by atoms with Crippen molar-refractivity contribution in [2.45, 2.75) is 65.7 Å². The van der Waals surface area contributed by atoms with Gasteiger partial charge in [0.2, 0.25) is 0 Å². The number of hydrogen-bond donors (Lipinski definition) is 0. The lowest BCUT2D eigenvalue weighted by molar-refractivity contribution is 0.255. The largest absolute Gasteiger partial charge is 0.494 e. The number of rotatable bonds is 13. The van der Waals surface area contributed by atoms with Crippen LogP contribution < -0.4 is 9.47 Å². The summed E-state index contributed by atoms with van der Waals surface area (Å²) in [5, 5.41) is 0. The SMILES string of the molecule is CCCCCCCCOc1ccc(-c2ccc(OC[C@@H](C)CC)cc2F)cc1. The molecule has 0 saturated heterocycles. The molecular weight excluding hydrogens is 351 g/mol. The summed E-state index contributed by atoms with van der Waals surface area (Å²) in [4.78, 5) is 0. The third-order valence-corrected chi connectivity index (χ3v) is 5.10. The van der Waals surface area contributed by atoms with Crippen molar-refractivity contribution < 1.29 is 13.9 Å². The first-order valence-corrected chi connectivity index (χ1v) is 10.8. The number of benzene rings is 2. The van der Waals surface area contributed by atoms with Crippen LogP contribution in [0.1, 0.15) is 65.7 Å². The lowest BCUT2D eigenvalue weighted by Gasteiger charge is -2.12. The maximum atomic E-state index is 14.5. The molecule has 2 rings (SSSR count). The molecule has 0 aromatic heterocycles. The second-order valence-corrected chi connectivity index (χ2v) is 7.61. The molecule has 2 aromatic carbocycles. The van der Waals surface area contributed by atoms with Crippen molar-refractivity contribution in [1.29, 1.82) is 0 Å². The third kappa shape index (κ3) is 7.53. The van der Waals surface area contributed by atoms with Crippen LogP contribution >= 0.6 is 0 Å². The first-order chi connectivity index (χ1) is 13.6. The normalized spacial score (nSPS) is 12.0. The van der Waals surface area contributed by atoms with Crippen LogP contribution in [0, 0.1) is 11.7 Å². The Morgan fingerprint density at radius 1 is 0.821 bits per heavy atom. The molecule has 0 heterocycles. The second kappa shape index (κ2) is 12.4. The topological polar surface area (TPSA) is 18.5 Å². The Morgan fingerprint density at radius 2 is 1.50 bits per heavy atom. The van der Waals surface area contributed by atoms with Crippen LogP contribution in [-0.2, 0) is 0 Å². The number of ether oxygens (including phenoxy) is 2. The van der Waals surface area contributed by atoms with Gasteiger partial charge < -0.3 is 9.47 Å². The summed E-state index contributed by atoms with van der Waals surface area (Å²) in [6, 6.07) is 12.7. The van der Waals surface area contributed by atoms with E-state index in [1.165, 1.54) is 38.2 Å². The van der Waals surface area contributed by atoms with Gasteiger partial charge in [-0.15, -0.1) is 0 Å². The quantitative estimate of drug-likeness (QED) is 0.329. The average molecular weight is 387 g/mol. The highest BCUT2D eigenvalue weighted by molar-refractivity contribution is 5.65. The smallest absolute Gasteiger partial charge is 0.134 e. The van der Waals surface area contributed by atoms with E-state index in [4.69, 9.17) is 9.47 Å². The van der Waals surface area contributed by atoms with E-state index in [0.717, 1.165) is 30.8 Å². The van der Waals surface area contributed by atoms with Crippen LogP contribution in [0.15, 0.2) is 42.5 Å². The Kier molecular flexibility index (Phi) is 9.88. The summed E-state index contributed by atoms with van der Waals surface area (Å²) in [7, 11) is 0. The summed E-state index contributed by atoms with van der Waals surface area (Å²) < 4.78 is 26.0. The minimum absolute atomic E-state index is 0.262. The molecule has 0 aliphatic rings. The maximum Gasteiger partial charge on any atom is 0.134 e. The van der Waals surface area contributed by atoms with Gasteiger partial charge in [-0.1, -0.05) is 71.4 Å². The van der Waals surface area contributed by atoms with Gasteiger partial charge in [-0.25, -0.2) is 4.39 Å². The van der Waals surface area contributed by atoms with E-state index >= 15 is 0 Å². The molecule has 2 aromatic rings. The molecule has 28 heavy (non-hydrogen) atoms. The Morgan fingerprint density at radius 3 is 2.18 bits per heavy atom. The monoisotopic (exact) mass is 386 g/mol. The molecule has 2 nitrogen and oxygen atoms in total. The Hall–Kier alpha value is -2.03. The zero-order chi connectivity index (χ0) is 20.2. The first-order valence-electron chi connectivity index (χ1n) is 10.8. The molecule has 1 atom stereocenters. The fourth-order valence-electron chi connectivity index (χ4n) is 2.98. The van der Waals surface area contributed by atoms with E-state index in [-0.39, 0.29) is 5.82 Å². The molecule has 0 spiro atoms. The summed E-state index contributed by atoms with van der Waals surface area (Å²) >= 11 is 0. The van der Waals surface area contributed by atoms with Crippen LogP contribution in [-0.4, -0.2) is 13.2 Å². The maximum absolute atomic E-state index is 14.5. The van der Waals surface area contributed by atoms with Crippen molar-refractivity contribution in [3.8, 4) is 22.6 Å². The zero-order valence-electron chi connectivity index (χ0n) is 17.7. The molecular formula is C25H35FO2. The number of halogens is 1. The highest BCUT2D eigenvalue weighted by Gasteiger charge is 2.08. The summed E-state index contributed by atoms with van der Waals surface area (Å²) in [6.07, 6.45) is 8.55. The Balaban J connectivity index is 1.83. The van der Waals surface area contributed by atoms with E-state index in [0.29, 0.717) is 23.8 Å². The number of hydrogen-bond acceptors (Lipinski definition) is 2. The molecule has 0 saturated carbocycles. The van der Waals surface area contributed by atoms with Crippen molar-refractivity contribution >= 4 is 0 Å². The molecule has 154 valence electrons. The van der Waals surface area contributed by atoms with Crippen LogP contribution in [0.4, 0.5) is 4.39 Å². The summed E-state index contributed by atoms with van der Waals surface area (Å²) in [6.45, 7) is 7.83. The van der Waals surface area contributed by atoms with Crippen molar-refractivity contribution in [3.63, 3.8) is 0 Å². The molecule has 0 aliphatic carbocycles. The van der Waals surface area contributed by atoms with Gasteiger partial charge in [0.25, 0.3) is 0 Å². The summed E-state index contributed by atoms with van der Waals surface area (Å²) in [5.74, 6) is 1.63. The first kappa shape index (κ1) is 22.3. The van der Waals surface area contributed by atoms with Crippen LogP contribution in [0.3, 0.4) is 0 Å². The Bertz CT molecular complexity index is 681. The van der Waals surface area contributed by atoms with Gasteiger partial charge in [-0.2, -0.15) is 0 Å². The van der Waals surface area contributed by atoms with Gasteiger partial charge in [-0.05, 0) is 42.2 Å². The van der Waals surface area contributed by atoms with Gasteiger partial charge in [0, 0.05) is 11.6 Å². The molecule has 0 aliphatic heterocycles. The van der Waals surface area contributed by atoms with E-state index in [9.17, 15) is 4.39 Å². The molecule has 0 N–H and O–H groups in total. The fraction of sp³-hybridized carbons (Fsp3) is 0.520. The van der Waals surface area contributed by atoms with Gasteiger partial charge in [0.15, 0.2) is 0 Å². The average Bonchev–Trinajstić information content (AvgIpc) is 2.72. The molecule has 0 fully saturated rings. The second-order valence-electron chi connectivity index (χ2n) is 7.61. The van der Waals surface area contributed by atoms with Crippen LogP contribution in [0.2, 0.25) is 0 Å². The summed E-state index contributed by atoms with van der Waals surface area (Å²) in [5.41, 5.74) is 1.43. The predicted octanol–water partition coefficient (Wildman–Crippen LogP) is 7.66. The predicted molar refractivity (Wildman–Crippen MR) is 116 cm³/mol. The zero-order valence-corrected chi connectivity index (χ0v) is 17.7. The lowest BCUT2D eigenvalue weighted by Crippen LogP contribution is -2.07. The molecule has 3 heteroatoms. The van der Waals surface area contributed by atoms with Crippen molar-refractivity contribution in [2.75, 3.05) is 13.2 Å². The van der Waals surface area contributed by atoms with E-state index in [1.807, 2.05) is 30.3 Å². The molecule has 0 radical (unpaired) electrons. The molecule has 0 amide bonds. The van der Waals surface area contributed by atoms with Gasteiger partial charge in [0.05, 0.1) is 13.2 Å². The van der Waals surface area contributed by atoms with Crippen LogP contribution in [0.5, 0.6) is 11.5 Å². The number of unbranched alkanes of at least 4 members (excludes halogenated alkanes) is 5.